The van der Waals surface area contributed by atoms with Gasteiger partial charge in [0.05, 0.1) is 0 Å². The summed E-state index contributed by atoms with van der Waals surface area (Å²) in [5, 5.41) is 3.63. The Morgan fingerprint density at radius 1 is 1.29 bits per heavy atom. The van der Waals surface area contributed by atoms with Crippen LogP contribution in [0.5, 0.6) is 0 Å². The molecule has 1 fully saturated rings. The third-order valence-corrected chi connectivity index (χ3v) is 3.29. The Morgan fingerprint density at radius 3 is 2.76 bits per heavy atom. The zero-order valence-corrected chi connectivity index (χ0v) is 11.0. The van der Waals surface area contributed by atoms with Gasteiger partial charge in [-0.25, -0.2) is 0 Å². The number of nitrogens with one attached hydrogen (secondary N) is 1. The zero-order valence-electron chi connectivity index (χ0n) is 11.0. The Morgan fingerprint density at radius 2 is 2.06 bits per heavy atom. The second-order valence-corrected chi connectivity index (χ2v) is 5.49. The molecular weight excluding hydrogens is 208 g/mol. The summed E-state index contributed by atoms with van der Waals surface area (Å²) in [5.41, 5.74) is 1.44. The molecule has 1 aliphatic rings. The molecule has 0 saturated carbocycles. The predicted molar refractivity (Wildman–Crippen MR) is 73.2 cm³/mol. The summed E-state index contributed by atoms with van der Waals surface area (Å²) in [6.07, 6.45) is 1.15. The van der Waals surface area contributed by atoms with Gasteiger partial charge in [-0.1, -0.05) is 44.2 Å². The first-order chi connectivity index (χ1) is 8.24. The molecular formula is C15H24N2. The molecule has 1 atom stereocenters. The summed E-state index contributed by atoms with van der Waals surface area (Å²) in [5.74, 6) is 0.769. The number of hydrogen-bond acceptors (Lipinski definition) is 2. The summed E-state index contributed by atoms with van der Waals surface area (Å²) >= 11 is 0. The lowest BCUT2D eigenvalue weighted by Gasteiger charge is -2.34. The quantitative estimate of drug-likeness (QED) is 0.856. The first kappa shape index (κ1) is 12.6. The zero-order chi connectivity index (χ0) is 12.1. The number of piperazine rings is 1. The van der Waals surface area contributed by atoms with Crippen molar-refractivity contribution in [3.63, 3.8) is 0 Å². The number of hydrogen-bond donors (Lipinski definition) is 1. The molecule has 1 saturated heterocycles. The van der Waals surface area contributed by atoms with Crippen molar-refractivity contribution in [3.8, 4) is 0 Å². The van der Waals surface area contributed by atoms with Crippen molar-refractivity contribution in [1.82, 2.24) is 10.2 Å². The number of rotatable bonds is 4. The molecule has 1 aromatic carbocycles. The van der Waals surface area contributed by atoms with E-state index in [1.807, 2.05) is 0 Å². The molecule has 2 nitrogen and oxygen atoms in total. The maximum atomic E-state index is 3.63. The lowest BCUT2D eigenvalue weighted by molar-refractivity contribution is 0.181. The normalized spacial score (nSPS) is 21.9. The highest BCUT2D eigenvalue weighted by Crippen LogP contribution is 2.09. The van der Waals surface area contributed by atoms with Crippen LogP contribution in [-0.2, 0) is 6.42 Å². The van der Waals surface area contributed by atoms with E-state index in [0.717, 1.165) is 18.9 Å². The predicted octanol–water partition coefficient (Wildman–Crippen LogP) is 2.16. The molecule has 1 aromatic rings. The maximum Gasteiger partial charge on any atom is 0.0235 e. The standard InChI is InChI=1S/C15H24N2/c1-13(2)11-17-9-8-16-15(12-17)10-14-6-4-3-5-7-14/h3-7,13,15-16H,8-12H2,1-2H3. The fourth-order valence-electron chi connectivity index (χ4n) is 2.61. The lowest BCUT2D eigenvalue weighted by Crippen LogP contribution is -2.52. The van der Waals surface area contributed by atoms with Gasteiger partial charge in [0.1, 0.15) is 0 Å². The van der Waals surface area contributed by atoms with Crippen molar-refractivity contribution in [1.29, 1.82) is 0 Å². The van der Waals surface area contributed by atoms with E-state index in [4.69, 9.17) is 0 Å². The third kappa shape index (κ3) is 4.14. The van der Waals surface area contributed by atoms with E-state index in [-0.39, 0.29) is 0 Å². The molecule has 0 spiro atoms. The van der Waals surface area contributed by atoms with E-state index in [2.05, 4.69) is 54.4 Å². The molecule has 2 rings (SSSR count). The average Bonchev–Trinajstić information content (AvgIpc) is 2.30. The van der Waals surface area contributed by atoms with E-state index in [1.54, 1.807) is 0 Å². The van der Waals surface area contributed by atoms with Gasteiger partial charge in [0.2, 0.25) is 0 Å². The monoisotopic (exact) mass is 232 g/mol. The molecule has 0 aromatic heterocycles. The van der Waals surface area contributed by atoms with Crippen LogP contribution >= 0.6 is 0 Å². The Kier molecular flexibility index (Phi) is 4.57. The summed E-state index contributed by atoms with van der Waals surface area (Å²) < 4.78 is 0. The number of nitrogens with zero attached hydrogens (tertiary/aromatic N) is 1. The van der Waals surface area contributed by atoms with Crippen molar-refractivity contribution >= 4 is 0 Å². The second kappa shape index (κ2) is 6.18. The molecule has 1 aliphatic heterocycles. The first-order valence-electron chi connectivity index (χ1n) is 6.73. The van der Waals surface area contributed by atoms with Crippen molar-refractivity contribution in [2.75, 3.05) is 26.2 Å². The maximum absolute atomic E-state index is 3.63. The first-order valence-corrected chi connectivity index (χ1v) is 6.73. The molecule has 2 heteroatoms. The van der Waals surface area contributed by atoms with Crippen LogP contribution in [0.4, 0.5) is 0 Å². The Labute approximate surface area is 105 Å². The van der Waals surface area contributed by atoms with Crippen LogP contribution in [0.3, 0.4) is 0 Å². The van der Waals surface area contributed by atoms with Gasteiger partial charge in [-0.15, -0.1) is 0 Å². The Hall–Kier alpha value is -0.860. The number of benzene rings is 1. The van der Waals surface area contributed by atoms with Crippen molar-refractivity contribution in [3.05, 3.63) is 35.9 Å². The SMILES string of the molecule is CC(C)CN1CCNC(Cc2ccccc2)C1. The minimum atomic E-state index is 0.616. The molecule has 0 bridgehead atoms. The Bertz CT molecular complexity index is 321. The lowest BCUT2D eigenvalue weighted by atomic mass is 10.0. The highest BCUT2D eigenvalue weighted by atomic mass is 15.2. The topological polar surface area (TPSA) is 15.3 Å². The van der Waals surface area contributed by atoms with Gasteiger partial charge in [0.15, 0.2) is 0 Å². The van der Waals surface area contributed by atoms with Gasteiger partial charge in [-0.3, -0.25) is 0 Å². The van der Waals surface area contributed by atoms with Crippen molar-refractivity contribution < 1.29 is 0 Å². The summed E-state index contributed by atoms with van der Waals surface area (Å²) in [7, 11) is 0. The summed E-state index contributed by atoms with van der Waals surface area (Å²) in [6.45, 7) is 9.34. The summed E-state index contributed by atoms with van der Waals surface area (Å²) in [4.78, 5) is 2.59. The second-order valence-electron chi connectivity index (χ2n) is 5.49. The van der Waals surface area contributed by atoms with Crippen LogP contribution in [-0.4, -0.2) is 37.1 Å². The van der Waals surface area contributed by atoms with Crippen LogP contribution in [0.2, 0.25) is 0 Å². The van der Waals surface area contributed by atoms with Crippen LogP contribution < -0.4 is 5.32 Å². The minimum Gasteiger partial charge on any atom is -0.311 e. The van der Waals surface area contributed by atoms with Crippen molar-refractivity contribution in [2.24, 2.45) is 5.92 Å². The Balaban J connectivity index is 1.85. The van der Waals surface area contributed by atoms with Gasteiger partial charge in [0.25, 0.3) is 0 Å². The molecule has 1 heterocycles. The van der Waals surface area contributed by atoms with E-state index < -0.39 is 0 Å². The highest BCUT2D eigenvalue weighted by Gasteiger charge is 2.19. The van der Waals surface area contributed by atoms with E-state index in [1.165, 1.54) is 25.2 Å². The van der Waals surface area contributed by atoms with Crippen LogP contribution in [0.25, 0.3) is 0 Å². The van der Waals surface area contributed by atoms with Crippen LogP contribution in [0.1, 0.15) is 19.4 Å². The fourth-order valence-corrected chi connectivity index (χ4v) is 2.61. The molecule has 94 valence electrons. The molecule has 1 N–H and O–H groups in total. The molecule has 0 radical (unpaired) electrons. The third-order valence-electron chi connectivity index (χ3n) is 3.29. The highest BCUT2D eigenvalue weighted by molar-refractivity contribution is 5.16. The fraction of sp³-hybridized carbons (Fsp3) is 0.600. The molecule has 0 aliphatic carbocycles. The van der Waals surface area contributed by atoms with Crippen LogP contribution in [0, 0.1) is 5.92 Å². The van der Waals surface area contributed by atoms with E-state index >= 15 is 0 Å². The van der Waals surface area contributed by atoms with E-state index in [9.17, 15) is 0 Å². The largest absolute Gasteiger partial charge is 0.311 e. The van der Waals surface area contributed by atoms with Gasteiger partial charge >= 0.3 is 0 Å². The van der Waals surface area contributed by atoms with Gasteiger partial charge in [-0.2, -0.15) is 0 Å². The molecule has 17 heavy (non-hydrogen) atoms. The van der Waals surface area contributed by atoms with Gasteiger partial charge < -0.3 is 10.2 Å². The van der Waals surface area contributed by atoms with Crippen LogP contribution in [0.15, 0.2) is 30.3 Å². The van der Waals surface area contributed by atoms with Gasteiger partial charge in [-0.05, 0) is 17.9 Å². The summed E-state index contributed by atoms with van der Waals surface area (Å²) in [6, 6.07) is 11.4. The average molecular weight is 232 g/mol. The molecule has 0 amide bonds. The van der Waals surface area contributed by atoms with Crippen molar-refractivity contribution in [2.45, 2.75) is 26.3 Å². The van der Waals surface area contributed by atoms with Gasteiger partial charge in [0, 0.05) is 32.2 Å². The molecule has 1 unspecified atom stereocenters. The minimum absolute atomic E-state index is 0.616. The smallest absolute Gasteiger partial charge is 0.0235 e. The van der Waals surface area contributed by atoms with E-state index in [0.29, 0.717) is 6.04 Å².